The molecule has 1 aromatic heterocycles. The first-order chi connectivity index (χ1) is 14.4. The van der Waals surface area contributed by atoms with Gasteiger partial charge in [-0.05, 0) is 55.8 Å². The predicted molar refractivity (Wildman–Crippen MR) is 122 cm³/mol. The lowest BCUT2D eigenvalue weighted by Crippen LogP contribution is -2.27. The first kappa shape index (κ1) is 22.0. The number of nitrogens with zero attached hydrogens (tertiary/aromatic N) is 1. The Hall–Kier alpha value is -2.71. The van der Waals surface area contributed by atoms with Crippen molar-refractivity contribution >= 4 is 44.8 Å². The minimum Gasteiger partial charge on any atom is -0.487 e. The number of rotatable bonds is 8. The number of aryl methyl sites for hydroxylation is 2. The normalized spacial score (nSPS) is 10.5. The van der Waals surface area contributed by atoms with Gasteiger partial charge in [-0.25, -0.2) is 4.98 Å². The minimum absolute atomic E-state index is 0.155. The number of carbonyl (C=O) groups is 2. The van der Waals surface area contributed by atoms with E-state index in [-0.39, 0.29) is 24.8 Å². The molecule has 1 heterocycles. The quantitative estimate of drug-likeness (QED) is 0.475. The van der Waals surface area contributed by atoms with Crippen LogP contribution in [0.5, 0.6) is 5.75 Å². The molecule has 0 bridgehead atoms. The standard InChI is InChI=1S/C22H22BrN3O3S/c1-14-3-6-17(23)11-20(14)26-21(27)9-10-24-22(28)16-4-7-19(8-5-16)29-12-18-13-30-15(2)25-18/h3-8,11,13H,9-10,12H2,1-2H3,(H,24,28)(H,26,27). The van der Waals surface area contributed by atoms with E-state index in [1.54, 1.807) is 35.6 Å². The van der Waals surface area contributed by atoms with Crippen LogP contribution >= 0.6 is 27.3 Å². The summed E-state index contributed by atoms with van der Waals surface area (Å²) in [7, 11) is 0. The van der Waals surface area contributed by atoms with Gasteiger partial charge in [0.2, 0.25) is 5.91 Å². The van der Waals surface area contributed by atoms with Gasteiger partial charge in [0.15, 0.2) is 0 Å². The van der Waals surface area contributed by atoms with Crippen LogP contribution in [0.15, 0.2) is 52.3 Å². The average molecular weight is 488 g/mol. The molecule has 3 aromatic rings. The van der Waals surface area contributed by atoms with Crippen molar-refractivity contribution < 1.29 is 14.3 Å². The van der Waals surface area contributed by atoms with E-state index < -0.39 is 0 Å². The number of anilines is 1. The van der Waals surface area contributed by atoms with Gasteiger partial charge in [0.05, 0.1) is 10.7 Å². The molecule has 30 heavy (non-hydrogen) atoms. The highest BCUT2D eigenvalue weighted by Crippen LogP contribution is 2.20. The first-order valence-electron chi connectivity index (χ1n) is 9.39. The Morgan fingerprint density at radius 3 is 2.60 bits per heavy atom. The fraction of sp³-hybridized carbons (Fsp3) is 0.227. The molecule has 0 aliphatic heterocycles. The SMILES string of the molecule is Cc1nc(COc2ccc(C(=O)NCCC(=O)Nc3cc(Br)ccc3C)cc2)cs1. The van der Waals surface area contributed by atoms with Gasteiger partial charge in [0, 0.05) is 34.1 Å². The monoisotopic (exact) mass is 487 g/mol. The van der Waals surface area contributed by atoms with Gasteiger partial charge in [-0.15, -0.1) is 11.3 Å². The molecule has 0 aliphatic rings. The lowest BCUT2D eigenvalue weighted by Gasteiger charge is -2.10. The number of thiazole rings is 1. The third-order valence-corrected chi connectivity index (χ3v) is 5.60. The molecule has 0 fully saturated rings. The fourth-order valence-electron chi connectivity index (χ4n) is 2.67. The van der Waals surface area contributed by atoms with E-state index in [1.165, 1.54) is 0 Å². The Balaban J connectivity index is 1.43. The zero-order chi connectivity index (χ0) is 21.5. The van der Waals surface area contributed by atoms with Gasteiger partial charge >= 0.3 is 0 Å². The van der Waals surface area contributed by atoms with Crippen LogP contribution in [-0.2, 0) is 11.4 Å². The molecule has 2 N–H and O–H groups in total. The Kier molecular flexibility index (Phi) is 7.59. The van der Waals surface area contributed by atoms with E-state index in [1.807, 2.05) is 37.4 Å². The smallest absolute Gasteiger partial charge is 0.251 e. The molecule has 0 radical (unpaired) electrons. The number of halogens is 1. The van der Waals surface area contributed by atoms with Gasteiger partial charge in [0.25, 0.3) is 5.91 Å². The van der Waals surface area contributed by atoms with Crippen molar-refractivity contribution in [2.24, 2.45) is 0 Å². The van der Waals surface area contributed by atoms with Crippen LogP contribution < -0.4 is 15.4 Å². The van der Waals surface area contributed by atoms with Crippen LogP contribution in [-0.4, -0.2) is 23.3 Å². The number of nitrogens with one attached hydrogen (secondary N) is 2. The summed E-state index contributed by atoms with van der Waals surface area (Å²) in [5, 5.41) is 8.59. The third-order valence-electron chi connectivity index (χ3n) is 4.28. The van der Waals surface area contributed by atoms with Crippen molar-refractivity contribution in [3.8, 4) is 5.75 Å². The number of aromatic nitrogens is 1. The van der Waals surface area contributed by atoms with Crippen molar-refractivity contribution in [1.82, 2.24) is 10.3 Å². The molecule has 0 atom stereocenters. The second kappa shape index (κ2) is 10.4. The molecule has 0 saturated heterocycles. The first-order valence-corrected chi connectivity index (χ1v) is 11.1. The molecule has 2 aromatic carbocycles. The van der Waals surface area contributed by atoms with Crippen molar-refractivity contribution in [3.05, 3.63) is 74.1 Å². The van der Waals surface area contributed by atoms with E-state index in [0.717, 1.165) is 26.4 Å². The van der Waals surface area contributed by atoms with Crippen molar-refractivity contribution in [3.63, 3.8) is 0 Å². The second-order valence-electron chi connectivity index (χ2n) is 6.68. The number of amides is 2. The second-order valence-corrected chi connectivity index (χ2v) is 8.66. The summed E-state index contributed by atoms with van der Waals surface area (Å²) in [6, 6.07) is 12.6. The Bertz CT molecular complexity index is 1030. The van der Waals surface area contributed by atoms with Gasteiger partial charge in [-0.3, -0.25) is 9.59 Å². The summed E-state index contributed by atoms with van der Waals surface area (Å²) in [4.78, 5) is 28.8. The van der Waals surface area contributed by atoms with Crippen molar-refractivity contribution in [2.75, 3.05) is 11.9 Å². The Labute approximate surface area is 187 Å². The molecular weight excluding hydrogens is 466 g/mol. The van der Waals surface area contributed by atoms with Crippen LogP contribution in [0.25, 0.3) is 0 Å². The number of hydrogen-bond acceptors (Lipinski definition) is 5. The van der Waals surface area contributed by atoms with Crippen LogP contribution in [0.3, 0.4) is 0 Å². The topological polar surface area (TPSA) is 80.3 Å². The van der Waals surface area contributed by atoms with E-state index in [2.05, 4.69) is 31.5 Å². The molecule has 0 spiro atoms. The van der Waals surface area contributed by atoms with Gasteiger partial charge in [-0.1, -0.05) is 22.0 Å². The van der Waals surface area contributed by atoms with E-state index in [0.29, 0.717) is 17.9 Å². The number of carbonyl (C=O) groups excluding carboxylic acids is 2. The number of hydrogen-bond donors (Lipinski definition) is 2. The predicted octanol–water partition coefficient (Wildman–Crippen LogP) is 4.86. The maximum atomic E-state index is 12.3. The molecule has 0 saturated carbocycles. The van der Waals surface area contributed by atoms with Crippen molar-refractivity contribution in [2.45, 2.75) is 26.9 Å². The van der Waals surface area contributed by atoms with Gasteiger partial charge in [0.1, 0.15) is 12.4 Å². The molecule has 8 heteroatoms. The molecule has 3 rings (SSSR count). The summed E-state index contributed by atoms with van der Waals surface area (Å²) >= 11 is 4.97. The van der Waals surface area contributed by atoms with Crippen LogP contribution in [0.4, 0.5) is 5.69 Å². The summed E-state index contributed by atoms with van der Waals surface area (Å²) < 4.78 is 6.58. The molecule has 6 nitrogen and oxygen atoms in total. The molecule has 0 aliphatic carbocycles. The lowest BCUT2D eigenvalue weighted by molar-refractivity contribution is -0.116. The largest absolute Gasteiger partial charge is 0.487 e. The molecule has 156 valence electrons. The fourth-order valence-corrected chi connectivity index (χ4v) is 3.63. The highest BCUT2D eigenvalue weighted by Gasteiger charge is 2.09. The van der Waals surface area contributed by atoms with Crippen LogP contribution in [0, 0.1) is 13.8 Å². The highest BCUT2D eigenvalue weighted by molar-refractivity contribution is 9.10. The van der Waals surface area contributed by atoms with Gasteiger partial charge in [-0.2, -0.15) is 0 Å². The van der Waals surface area contributed by atoms with Crippen molar-refractivity contribution in [1.29, 1.82) is 0 Å². The van der Waals surface area contributed by atoms with Crippen LogP contribution in [0.1, 0.15) is 33.0 Å². The highest BCUT2D eigenvalue weighted by atomic mass is 79.9. The summed E-state index contributed by atoms with van der Waals surface area (Å²) in [6.07, 6.45) is 0.186. The van der Waals surface area contributed by atoms with Gasteiger partial charge < -0.3 is 15.4 Å². The zero-order valence-electron chi connectivity index (χ0n) is 16.7. The summed E-state index contributed by atoms with van der Waals surface area (Å²) in [6.45, 7) is 4.52. The maximum absolute atomic E-state index is 12.3. The summed E-state index contributed by atoms with van der Waals surface area (Å²) in [5.74, 6) is 0.279. The lowest BCUT2D eigenvalue weighted by atomic mass is 10.2. The maximum Gasteiger partial charge on any atom is 0.251 e. The molecule has 0 unspecified atom stereocenters. The number of ether oxygens (including phenoxy) is 1. The van der Waals surface area contributed by atoms with E-state index >= 15 is 0 Å². The molecular formula is C22H22BrN3O3S. The third kappa shape index (κ3) is 6.40. The number of benzene rings is 2. The molecule has 2 amide bonds. The Morgan fingerprint density at radius 2 is 1.90 bits per heavy atom. The van der Waals surface area contributed by atoms with Crippen LogP contribution in [0.2, 0.25) is 0 Å². The van der Waals surface area contributed by atoms with E-state index in [4.69, 9.17) is 4.74 Å². The van der Waals surface area contributed by atoms with E-state index in [9.17, 15) is 9.59 Å². The average Bonchev–Trinajstić information content (AvgIpc) is 3.14. The minimum atomic E-state index is -0.233. The summed E-state index contributed by atoms with van der Waals surface area (Å²) in [5.41, 5.74) is 3.12. The zero-order valence-corrected chi connectivity index (χ0v) is 19.1. The Morgan fingerprint density at radius 1 is 1.13 bits per heavy atom.